The van der Waals surface area contributed by atoms with Crippen LogP contribution in [0.5, 0.6) is 0 Å². The van der Waals surface area contributed by atoms with Crippen LogP contribution in [0.25, 0.3) is 0 Å². The van der Waals surface area contributed by atoms with Crippen LogP contribution in [-0.2, 0) is 16.0 Å². The third-order valence-corrected chi connectivity index (χ3v) is 3.95. The van der Waals surface area contributed by atoms with E-state index in [4.69, 9.17) is 9.84 Å². The summed E-state index contributed by atoms with van der Waals surface area (Å²) >= 11 is 0. The van der Waals surface area contributed by atoms with E-state index < -0.39 is 10.9 Å². The third-order valence-electron chi connectivity index (χ3n) is 3.95. The topological polar surface area (TPSA) is 106 Å². The molecule has 2 rings (SSSR count). The van der Waals surface area contributed by atoms with Gasteiger partial charge in [0, 0.05) is 31.9 Å². The van der Waals surface area contributed by atoms with E-state index in [2.05, 4.69) is 18.8 Å². The Morgan fingerprint density at radius 3 is 2.71 bits per heavy atom. The van der Waals surface area contributed by atoms with E-state index in [0.29, 0.717) is 31.4 Å². The smallest absolute Gasteiger partial charge is 0.309 e. The lowest BCUT2D eigenvalue weighted by Crippen LogP contribution is -2.42. The summed E-state index contributed by atoms with van der Waals surface area (Å²) in [5.74, 6) is -0.737. The van der Waals surface area contributed by atoms with Crippen molar-refractivity contribution < 1.29 is 19.6 Å². The number of carboxylic acids is 1. The number of anilines is 1. The summed E-state index contributed by atoms with van der Waals surface area (Å²) in [4.78, 5) is 28.0. The molecule has 2 heterocycles. The van der Waals surface area contributed by atoms with Gasteiger partial charge in [-0.2, -0.15) is 0 Å². The van der Waals surface area contributed by atoms with Crippen molar-refractivity contribution in [2.45, 2.75) is 39.2 Å². The molecular weight excluding hydrogens is 314 g/mol. The quantitative estimate of drug-likeness (QED) is 0.601. The van der Waals surface area contributed by atoms with E-state index in [-0.39, 0.29) is 23.8 Å². The molecule has 0 amide bonds. The van der Waals surface area contributed by atoms with E-state index in [1.54, 1.807) is 0 Å². The van der Waals surface area contributed by atoms with Crippen LogP contribution in [0, 0.1) is 16.0 Å². The molecule has 1 aliphatic rings. The molecule has 0 radical (unpaired) electrons. The molecule has 0 saturated carbocycles. The maximum atomic E-state index is 11.5. The second-order valence-electron chi connectivity index (χ2n) is 6.38. The highest BCUT2D eigenvalue weighted by Crippen LogP contribution is 2.32. The molecule has 1 aromatic rings. The number of hydrogen-bond acceptors (Lipinski definition) is 6. The number of ether oxygens (including phenoxy) is 1. The van der Waals surface area contributed by atoms with Crippen molar-refractivity contribution in [2.24, 2.45) is 5.92 Å². The number of rotatable bonds is 7. The fourth-order valence-electron chi connectivity index (χ4n) is 2.93. The lowest BCUT2D eigenvalue weighted by molar-refractivity contribution is -0.384. The summed E-state index contributed by atoms with van der Waals surface area (Å²) in [7, 11) is 0. The molecule has 1 fully saturated rings. The van der Waals surface area contributed by atoms with Crippen molar-refractivity contribution in [2.75, 3.05) is 24.7 Å². The van der Waals surface area contributed by atoms with Crippen molar-refractivity contribution in [1.29, 1.82) is 0 Å². The van der Waals surface area contributed by atoms with Crippen LogP contribution >= 0.6 is 0 Å². The number of aliphatic carboxylic acids is 1. The summed E-state index contributed by atoms with van der Waals surface area (Å²) in [6, 6.07) is 1.43. The van der Waals surface area contributed by atoms with Crippen molar-refractivity contribution in [3.05, 3.63) is 28.1 Å². The number of nitro groups is 1. The molecule has 132 valence electrons. The van der Waals surface area contributed by atoms with Crippen molar-refractivity contribution in [3.63, 3.8) is 0 Å². The fourth-order valence-corrected chi connectivity index (χ4v) is 2.93. The molecule has 0 bridgehead atoms. The minimum atomic E-state index is -1.06. The fraction of sp³-hybridized carbons (Fsp3) is 0.625. The van der Waals surface area contributed by atoms with Crippen molar-refractivity contribution in [3.8, 4) is 0 Å². The molecule has 0 aromatic carbocycles. The first kappa shape index (κ1) is 18.1. The normalized spacial score (nSPS) is 15.5. The minimum absolute atomic E-state index is 0.0895. The molecule has 1 N–H and O–H groups in total. The van der Waals surface area contributed by atoms with Crippen LogP contribution < -0.4 is 4.90 Å². The number of hydrogen-bond donors (Lipinski definition) is 1. The predicted molar refractivity (Wildman–Crippen MR) is 88.3 cm³/mol. The van der Waals surface area contributed by atoms with Crippen LogP contribution in [0.15, 0.2) is 12.3 Å². The monoisotopic (exact) mass is 337 g/mol. The summed E-state index contributed by atoms with van der Waals surface area (Å²) in [6.07, 6.45) is 2.72. The zero-order valence-electron chi connectivity index (χ0n) is 14.0. The second kappa shape index (κ2) is 8.05. The Hall–Kier alpha value is -2.22. The lowest BCUT2D eigenvalue weighted by atomic mass is 10.0. The largest absolute Gasteiger partial charge is 0.481 e. The Kier molecular flexibility index (Phi) is 6.08. The van der Waals surface area contributed by atoms with E-state index in [9.17, 15) is 14.9 Å². The number of carbonyl (C=O) groups is 1. The zero-order chi connectivity index (χ0) is 17.7. The summed E-state index contributed by atoms with van der Waals surface area (Å²) in [6.45, 7) is 6.06. The van der Waals surface area contributed by atoms with Crippen molar-refractivity contribution >= 4 is 17.3 Å². The number of nitrogens with zero attached hydrogens (tertiary/aromatic N) is 3. The molecule has 0 atom stereocenters. The van der Waals surface area contributed by atoms with Gasteiger partial charge in [-0.05, 0) is 18.8 Å². The molecule has 24 heavy (non-hydrogen) atoms. The molecule has 1 aliphatic heterocycles. The third kappa shape index (κ3) is 4.64. The van der Waals surface area contributed by atoms with Crippen LogP contribution in [0.3, 0.4) is 0 Å². The SMILES string of the molecule is CC(C)CN(c1cnc(CC(=O)O)cc1[N+](=O)[O-])C1CCOCC1. The number of pyridine rings is 1. The van der Waals surface area contributed by atoms with E-state index in [1.807, 2.05) is 4.90 Å². The Morgan fingerprint density at radius 2 is 2.17 bits per heavy atom. The molecule has 0 aliphatic carbocycles. The van der Waals surface area contributed by atoms with Gasteiger partial charge in [0.25, 0.3) is 5.69 Å². The Labute approximate surface area is 140 Å². The van der Waals surface area contributed by atoms with Crippen LogP contribution in [0.1, 0.15) is 32.4 Å². The molecule has 8 nitrogen and oxygen atoms in total. The number of carboxylic acid groups (broad SMARTS) is 1. The lowest BCUT2D eigenvalue weighted by Gasteiger charge is -2.36. The Bertz CT molecular complexity index is 599. The highest BCUT2D eigenvalue weighted by molar-refractivity contribution is 5.71. The molecule has 0 spiro atoms. The van der Waals surface area contributed by atoms with Crippen LogP contribution in [0.2, 0.25) is 0 Å². The van der Waals surface area contributed by atoms with Gasteiger partial charge in [0.2, 0.25) is 0 Å². The predicted octanol–water partition coefficient (Wildman–Crippen LogP) is 2.26. The van der Waals surface area contributed by atoms with Crippen molar-refractivity contribution in [1.82, 2.24) is 4.98 Å². The highest BCUT2D eigenvalue weighted by Gasteiger charge is 2.28. The molecular formula is C16H23N3O5. The minimum Gasteiger partial charge on any atom is -0.481 e. The summed E-state index contributed by atoms with van der Waals surface area (Å²) in [5.41, 5.74) is 0.553. The zero-order valence-corrected chi connectivity index (χ0v) is 14.0. The second-order valence-corrected chi connectivity index (χ2v) is 6.38. The molecule has 1 aromatic heterocycles. The van der Waals surface area contributed by atoms with E-state index in [1.165, 1.54) is 12.3 Å². The summed E-state index contributed by atoms with van der Waals surface area (Å²) in [5, 5.41) is 20.4. The molecule has 1 saturated heterocycles. The van der Waals surface area contributed by atoms with Gasteiger partial charge in [-0.25, -0.2) is 0 Å². The average Bonchev–Trinajstić information content (AvgIpc) is 2.53. The standard InChI is InChI=1S/C16H23N3O5/c1-11(2)10-18(13-3-5-24-6-4-13)15-9-17-12(8-16(20)21)7-14(15)19(22)23/h7,9,11,13H,3-6,8,10H2,1-2H3,(H,20,21). The van der Waals surface area contributed by atoms with Gasteiger partial charge in [-0.1, -0.05) is 13.8 Å². The first-order valence-corrected chi connectivity index (χ1v) is 8.08. The van der Waals surface area contributed by atoms with Gasteiger partial charge in [-0.3, -0.25) is 19.9 Å². The molecule has 0 unspecified atom stereocenters. The Morgan fingerprint density at radius 1 is 1.50 bits per heavy atom. The van der Waals surface area contributed by atoms with Gasteiger partial charge >= 0.3 is 5.97 Å². The van der Waals surface area contributed by atoms with Gasteiger partial charge in [0.1, 0.15) is 5.69 Å². The highest BCUT2D eigenvalue weighted by atomic mass is 16.6. The maximum absolute atomic E-state index is 11.5. The first-order chi connectivity index (χ1) is 11.4. The summed E-state index contributed by atoms with van der Waals surface area (Å²) < 4.78 is 5.39. The molecule has 8 heteroatoms. The van der Waals surface area contributed by atoms with E-state index in [0.717, 1.165) is 12.8 Å². The van der Waals surface area contributed by atoms with E-state index >= 15 is 0 Å². The Balaban J connectivity index is 2.39. The van der Waals surface area contributed by atoms with Crippen LogP contribution in [0.4, 0.5) is 11.4 Å². The van der Waals surface area contributed by atoms with Crippen LogP contribution in [-0.4, -0.2) is 46.8 Å². The van der Waals surface area contributed by atoms with Gasteiger partial charge in [0.15, 0.2) is 0 Å². The van der Waals surface area contributed by atoms with Gasteiger partial charge in [0.05, 0.1) is 23.2 Å². The number of aromatic nitrogens is 1. The first-order valence-electron chi connectivity index (χ1n) is 8.08. The maximum Gasteiger partial charge on any atom is 0.309 e. The average molecular weight is 337 g/mol. The van der Waals surface area contributed by atoms with Gasteiger partial charge < -0.3 is 14.7 Å². The van der Waals surface area contributed by atoms with Gasteiger partial charge in [-0.15, -0.1) is 0 Å².